The van der Waals surface area contributed by atoms with Crippen LogP contribution in [-0.4, -0.2) is 25.7 Å². The maximum absolute atomic E-state index is 11.1. The average molecular weight is 322 g/mol. The lowest BCUT2D eigenvalue weighted by molar-refractivity contribution is 0.259. The van der Waals surface area contributed by atoms with Crippen molar-refractivity contribution in [3.63, 3.8) is 0 Å². The van der Waals surface area contributed by atoms with Gasteiger partial charge in [-0.1, -0.05) is 0 Å². The molecule has 2 amide bonds. The fraction of sp³-hybridized carbons (Fsp3) is 0.0769. The van der Waals surface area contributed by atoms with Crippen LogP contribution in [0.2, 0.25) is 0 Å². The third-order valence-corrected chi connectivity index (χ3v) is 2.99. The van der Waals surface area contributed by atoms with Gasteiger partial charge in [-0.2, -0.15) is 0 Å². The van der Waals surface area contributed by atoms with Gasteiger partial charge in [0, 0.05) is 5.69 Å². The van der Waals surface area contributed by atoms with Gasteiger partial charge in [-0.25, -0.2) is 18.2 Å². The van der Waals surface area contributed by atoms with Crippen molar-refractivity contribution in [2.75, 3.05) is 16.3 Å². The molecule has 0 spiro atoms. The number of sulfonamides is 1. The zero-order valence-electron chi connectivity index (χ0n) is 11.6. The van der Waals surface area contributed by atoms with E-state index in [4.69, 9.17) is 10.5 Å². The number of nitrogens with zero attached hydrogens (tertiary/aromatic N) is 1. The first kappa shape index (κ1) is 15.6. The number of hydrogen-bond acceptors (Lipinski definition) is 5. The van der Waals surface area contributed by atoms with Gasteiger partial charge in [0.05, 0.1) is 12.5 Å². The van der Waals surface area contributed by atoms with Crippen molar-refractivity contribution in [1.29, 1.82) is 0 Å². The number of anilines is 2. The Balaban J connectivity index is 2.03. The smallest absolute Gasteiger partial charge is 0.317 e. The Kier molecular flexibility index (Phi) is 4.47. The number of amides is 2. The van der Waals surface area contributed by atoms with Crippen molar-refractivity contribution < 1.29 is 17.9 Å². The van der Waals surface area contributed by atoms with Gasteiger partial charge in [0.2, 0.25) is 10.0 Å². The SMILES string of the molecule is CS(=O)(=O)Nc1ccc(Oc2ccc(NC(N)=O)nc2)cc1. The molecule has 9 heteroatoms. The van der Waals surface area contributed by atoms with E-state index in [0.29, 0.717) is 23.0 Å². The molecule has 0 bridgehead atoms. The Bertz CT molecular complexity index is 758. The average Bonchev–Trinajstić information content (AvgIpc) is 2.41. The monoisotopic (exact) mass is 322 g/mol. The number of carbonyl (C=O) groups excluding carboxylic acids is 1. The van der Waals surface area contributed by atoms with Gasteiger partial charge in [-0.15, -0.1) is 0 Å². The molecule has 22 heavy (non-hydrogen) atoms. The number of nitrogens with one attached hydrogen (secondary N) is 2. The molecule has 8 nitrogen and oxygen atoms in total. The molecular weight excluding hydrogens is 308 g/mol. The molecule has 0 radical (unpaired) electrons. The number of benzene rings is 1. The normalized spacial score (nSPS) is 10.8. The number of urea groups is 1. The van der Waals surface area contributed by atoms with Crippen molar-refractivity contribution in [2.45, 2.75) is 0 Å². The standard InChI is InChI=1S/C13H14N4O4S/c1-22(19,20)17-9-2-4-10(5-3-9)21-11-6-7-12(15-8-11)16-13(14)18/h2-8,17H,1H3,(H3,14,15,16,18). The first-order chi connectivity index (χ1) is 10.3. The predicted molar refractivity (Wildman–Crippen MR) is 82.4 cm³/mol. The molecule has 1 aromatic heterocycles. The van der Waals surface area contributed by atoms with Crippen LogP contribution in [0.15, 0.2) is 42.6 Å². The first-order valence-corrected chi connectivity index (χ1v) is 7.99. The van der Waals surface area contributed by atoms with Crippen LogP contribution in [0.3, 0.4) is 0 Å². The molecule has 0 aliphatic carbocycles. The highest BCUT2D eigenvalue weighted by Crippen LogP contribution is 2.23. The van der Waals surface area contributed by atoms with Gasteiger partial charge in [0.25, 0.3) is 0 Å². The van der Waals surface area contributed by atoms with Gasteiger partial charge >= 0.3 is 6.03 Å². The predicted octanol–water partition coefficient (Wildman–Crippen LogP) is 1.74. The third kappa shape index (κ3) is 4.94. The Morgan fingerprint density at radius 3 is 2.27 bits per heavy atom. The molecule has 0 aliphatic heterocycles. The second-order valence-electron chi connectivity index (χ2n) is 4.37. The van der Waals surface area contributed by atoms with E-state index in [1.54, 1.807) is 36.4 Å². The highest BCUT2D eigenvalue weighted by Gasteiger charge is 2.03. The number of hydrogen-bond donors (Lipinski definition) is 3. The molecule has 4 N–H and O–H groups in total. The maximum Gasteiger partial charge on any atom is 0.317 e. The van der Waals surface area contributed by atoms with Gasteiger partial charge in [-0.3, -0.25) is 10.0 Å². The molecule has 0 saturated carbocycles. The summed E-state index contributed by atoms with van der Waals surface area (Å²) in [4.78, 5) is 14.6. The van der Waals surface area contributed by atoms with Crippen LogP contribution < -0.4 is 20.5 Å². The first-order valence-electron chi connectivity index (χ1n) is 6.10. The van der Waals surface area contributed by atoms with Crippen LogP contribution in [-0.2, 0) is 10.0 Å². The zero-order valence-corrected chi connectivity index (χ0v) is 12.4. The molecule has 0 atom stereocenters. The summed E-state index contributed by atoms with van der Waals surface area (Å²) in [6.45, 7) is 0. The van der Waals surface area contributed by atoms with Crippen LogP contribution >= 0.6 is 0 Å². The Labute approximate surface area is 127 Å². The Hall–Kier alpha value is -2.81. The minimum Gasteiger partial charge on any atom is -0.456 e. The summed E-state index contributed by atoms with van der Waals surface area (Å²) >= 11 is 0. The zero-order chi connectivity index (χ0) is 16.2. The lowest BCUT2D eigenvalue weighted by Gasteiger charge is -2.08. The van der Waals surface area contributed by atoms with E-state index < -0.39 is 16.1 Å². The van der Waals surface area contributed by atoms with E-state index in [9.17, 15) is 13.2 Å². The number of ether oxygens (including phenoxy) is 1. The molecule has 2 rings (SSSR count). The van der Waals surface area contributed by atoms with Crippen LogP contribution in [0.25, 0.3) is 0 Å². The van der Waals surface area contributed by atoms with Gasteiger partial charge in [0.1, 0.15) is 17.3 Å². The fourth-order valence-electron chi connectivity index (χ4n) is 1.58. The summed E-state index contributed by atoms with van der Waals surface area (Å²) in [7, 11) is -3.31. The van der Waals surface area contributed by atoms with Gasteiger partial charge < -0.3 is 10.5 Å². The topological polar surface area (TPSA) is 123 Å². The van der Waals surface area contributed by atoms with Crippen molar-refractivity contribution >= 4 is 27.6 Å². The molecule has 2 aromatic rings. The largest absolute Gasteiger partial charge is 0.456 e. The summed E-state index contributed by atoms with van der Waals surface area (Å²) in [6, 6.07) is 8.84. The fourth-order valence-corrected chi connectivity index (χ4v) is 2.15. The molecule has 0 unspecified atom stereocenters. The van der Waals surface area contributed by atoms with Crippen LogP contribution in [0.5, 0.6) is 11.5 Å². The molecule has 0 saturated heterocycles. The van der Waals surface area contributed by atoms with Gasteiger partial charge in [-0.05, 0) is 36.4 Å². The van der Waals surface area contributed by atoms with E-state index in [0.717, 1.165) is 6.26 Å². The second-order valence-corrected chi connectivity index (χ2v) is 6.12. The minimum atomic E-state index is -3.31. The number of carbonyl (C=O) groups is 1. The van der Waals surface area contributed by atoms with E-state index in [1.165, 1.54) is 6.20 Å². The second kappa shape index (κ2) is 6.31. The molecular formula is C13H14N4O4S. The number of primary amides is 1. The van der Waals surface area contributed by atoms with Gasteiger partial charge in [0.15, 0.2) is 0 Å². The quantitative estimate of drug-likeness (QED) is 0.773. The maximum atomic E-state index is 11.1. The van der Waals surface area contributed by atoms with Crippen LogP contribution in [0, 0.1) is 0 Å². The highest BCUT2D eigenvalue weighted by molar-refractivity contribution is 7.92. The molecule has 0 fully saturated rings. The summed E-state index contributed by atoms with van der Waals surface area (Å²) in [5.74, 6) is 1.28. The lowest BCUT2D eigenvalue weighted by Crippen LogP contribution is -2.19. The van der Waals surface area contributed by atoms with Crippen LogP contribution in [0.1, 0.15) is 0 Å². The minimum absolute atomic E-state index is 0.313. The molecule has 0 aliphatic rings. The molecule has 116 valence electrons. The van der Waals surface area contributed by atoms with Crippen molar-refractivity contribution in [3.05, 3.63) is 42.6 Å². The summed E-state index contributed by atoms with van der Waals surface area (Å²) < 4.78 is 30.1. The van der Waals surface area contributed by atoms with E-state index >= 15 is 0 Å². The number of aromatic nitrogens is 1. The number of rotatable bonds is 5. The number of nitrogens with two attached hydrogens (primary N) is 1. The van der Waals surface area contributed by atoms with Crippen molar-refractivity contribution in [1.82, 2.24) is 4.98 Å². The summed E-state index contributed by atoms with van der Waals surface area (Å²) in [5.41, 5.74) is 5.41. The van der Waals surface area contributed by atoms with E-state index in [2.05, 4.69) is 15.0 Å². The van der Waals surface area contributed by atoms with E-state index in [1.807, 2.05) is 0 Å². The molecule has 1 aromatic carbocycles. The van der Waals surface area contributed by atoms with Crippen molar-refractivity contribution in [2.24, 2.45) is 5.73 Å². The van der Waals surface area contributed by atoms with Crippen molar-refractivity contribution in [3.8, 4) is 11.5 Å². The Morgan fingerprint density at radius 1 is 1.14 bits per heavy atom. The lowest BCUT2D eigenvalue weighted by atomic mass is 10.3. The summed E-state index contributed by atoms with van der Waals surface area (Å²) in [5, 5.41) is 2.33. The number of pyridine rings is 1. The molecule has 1 heterocycles. The van der Waals surface area contributed by atoms with Crippen LogP contribution in [0.4, 0.5) is 16.3 Å². The Morgan fingerprint density at radius 2 is 1.77 bits per heavy atom. The highest BCUT2D eigenvalue weighted by atomic mass is 32.2. The third-order valence-electron chi connectivity index (χ3n) is 2.38. The van der Waals surface area contributed by atoms with E-state index in [-0.39, 0.29) is 0 Å². The summed E-state index contributed by atoms with van der Waals surface area (Å²) in [6.07, 6.45) is 2.50.